The van der Waals surface area contributed by atoms with E-state index in [-0.39, 0.29) is 11.8 Å². The van der Waals surface area contributed by atoms with Gasteiger partial charge in [-0.05, 0) is 25.0 Å². The summed E-state index contributed by atoms with van der Waals surface area (Å²) in [6.07, 6.45) is 2.78. The molecule has 1 aliphatic carbocycles. The lowest BCUT2D eigenvalue weighted by Crippen LogP contribution is -2.40. The first-order valence-electron chi connectivity index (χ1n) is 8.30. The molecule has 24 heavy (non-hydrogen) atoms. The number of morpholine rings is 1. The number of carbonyl (C=O) groups is 2. The zero-order valence-corrected chi connectivity index (χ0v) is 13.7. The topological polar surface area (TPSA) is 70.7 Å². The highest BCUT2D eigenvalue weighted by atomic mass is 16.5. The van der Waals surface area contributed by atoms with Gasteiger partial charge in [0, 0.05) is 19.6 Å². The lowest BCUT2D eigenvalue weighted by molar-refractivity contribution is -0.134. The van der Waals surface area contributed by atoms with Gasteiger partial charge in [-0.3, -0.25) is 9.59 Å². The molecule has 1 aliphatic heterocycles. The second-order valence-corrected chi connectivity index (χ2v) is 6.15. The summed E-state index contributed by atoms with van der Waals surface area (Å²) in [4.78, 5) is 27.1. The molecule has 2 fully saturated rings. The van der Waals surface area contributed by atoms with Crippen LogP contribution in [-0.4, -0.2) is 44.7 Å². The van der Waals surface area contributed by atoms with E-state index in [0.717, 1.165) is 24.5 Å². The van der Waals surface area contributed by atoms with Crippen molar-refractivity contribution in [1.82, 2.24) is 5.32 Å². The van der Waals surface area contributed by atoms with E-state index in [1.165, 1.54) is 0 Å². The quantitative estimate of drug-likeness (QED) is 0.613. The van der Waals surface area contributed by atoms with Crippen molar-refractivity contribution < 1.29 is 14.3 Å². The van der Waals surface area contributed by atoms with Crippen molar-refractivity contribution in [2.45, 2.75) is 12.8 Å². The SMILES string of the molecule is C=CCNC(=O)C1(C(=O)Nc2ccccc2N2CCOCC2)CC1. The third-order valence-electron chi connectivity index (χ3n) is 4.53. The van der Waals surface area contributed by atoms with Crippen molar-refractivity contribution in [1.29, 1.82) is 0 Å². The maximum Gasteiger partial charge on any atom is 0.240 e. The fourth-order valence-corrected chi connectivity index (χ4v) is 2.92. The van der Waals surface area contributed by atoms with E-state index < -0.39 is 5.41 Å². The molecule has 1 saturated carbocycles. The molecule has 1 heterocycles. The number of rotatable bonds is 6. The first-order chi connectivity index (χ1) is 11.7. The lowest BCUT2D eigenvalue weighted by Gasteiger charge is -2.30. The number of para-hydroxylation sites is 2. The molecule has 0 bridgehead atoms. The number of anilines is 2. The highest BCUT2D eigenvalue weighted by Gasteiger charge is 2.56. The molecule has 0 unspecified atom stereocenters. The van der Waals surface area contributed by atoms with E-state index in [9.17, 15) is 9.59 Å². The summed E-state index contributed by atoms with van der Waals surface area (Å²) in [6.45, 7) is 6.89. The monoisotopic (exact) mass is 329 g/mol. The highest BCUT2D eigenvalue weighted by Crippen LogP contribution is 2.47. The molecule has 0 radical (unpaired) electrons. The molecule has 6 heteroatoms. The Hall–Kier alpha value is -2.34. The Balaban J connectivity index is 1.73. The van der Waals surface area contributed by atoms with Crippen LogP contribution in [0.4, 0.5) is 11.4 Å². The average molecular weight is 329 g/mol. The van der Waals surface area contributed by atoms with Gasteiger partial charge in [0.25, 0.3) is 0 Å². The van der Waals surface area contributed by atoms with Crippen LogP contribution in [0.3, 0.4) is 0 Å². The van der Waals surface area contributed by atoms with Crippen LogP contribution in [0.15, 0.2) is 36.9 Å². The fourth-order valence-electron chi connectivity index (χ4n) is 2.92. The molecular formula is C18H23N3O3. The van der Waals surface area contributed by atoms with Crippen LogP contribution in [0.1, 0.15) is 12.8 Å². The standard InChI is InChI=1S/C18H23N3O3/c1-2-9-19-16(22)18(7-8-18)17(23)20-14-5-3-4-6-15(14)21-10-12-24-13-11-21/h2-6H,1,7-13H2,(H,19,22)(H,20,23). The molecular weight excluding hydrogens is 306 g/mol. The lowest BCUT2D eigenvalue weighted by atomic mass is 10.0. The number of amides is 2. The first kappa shape index (κ1) is 16.5. The zero-order valence-electron chi connectivity index (χ0n) is 13.7. The van der Waals surface area contributed by atoms with E-state index in [1.54, 1.807) is 6.08 Å². The predicted molar refractivity (Wildman–Crippen MR) is 93.0 cm³/mol. The van der Waals surface area contributed by atoms with Crippen molar-refractivity contribution in [3.8, 4) is 0 Å². The number of nitrogens with zero attached hydrogens (tertiary/aromatic N) is 1. The average Bonchev–Trinajstić information content (AvgIpc) is 3.43. The van der Waals surface area contributed by atoms with E-state index in [4.69, 9.17) is 4.74 Å². The molecule has 1 aromatic rings. The second kappa shape index (κ2) is 7.05. The molecule has 1 saturated heterocycles. The summed E-state index contributed by atoms with van der Waals surface area (Å²) in [5, 5.41) is 5.69. The molecule has 3 rings (SSSR count). The van der Waals surface area contributed by atoms with E-state index in [1.807, 2.05) is 24.3 Å². The maximum atomic E-state index is 12.7. The van der Waals surface area contributed by atoms with Crippen LogP contribution in [-0.2, 0) is 14.3 Å². The van der Waals surface area contributed by atoms with Crippen LogP contribution >= 0.6 is 0 Å². The molecule has 1 aromatic carbocycles. The van der Waals surface area contributed by atoms with Crippen LogP contribution < -0.4 is 15.5 Å². The normalized spacial score (nSPS) is 18.6. The molecule has 0 spiro atoms. The van der Waals surface area contributed by atoms with Crippen molar-refractivity contribution in [3.05, 3.63) is 36.9 Å². The fraction of sp³-hybridized carbons (Fsp3) is 0.444. The van der Waals surface area contributed by atoms with Gasteiger partial charge < -0.3 is 20.3 Å². The third kappa shape index (κ3) is 3.28. The smallest absolute Gasteiger partial charge is 0.240 e. The third-order valence-corrected chi connectivity index (χ3v) is 4.53. The van der Waals surface area contributed by atoms with Gasteiger partial charge in [0.05, 0.1) is 24.6 Å². The van der Waals surface area contributed by atoms with Gasteiger partial charge in [-0.1, -0.05) is 18.2 Å². The van der Waals surface area contributed by atoms with Gasteiger partial charge in [-0.25, -0.2) is 0 Å². The number of carbonyl (C=O) groups excluding carboxylic acids is 2. The Bertz CT molecular complexity index is 634. The van der Waals surface area contributed by atoms with Crippen LogP contribution in [0.25, 0.3) is 0 Å². The van der Waals surface area contributed by atoms with Crippen molar-refractivity contribution >= 4 is 23.2 Å². The Morgan fingerprint density at radius 1 is 1.21 bits per heavy atom. The molecule has 0 atom stereocenters. The number of benzene rings is 1. The van der Waals surface area contributed by atoms with Gasteiger partial charge in [0.15, 0.2) is 0 Å². The van der Waals surface area contributed by atoms with Crippen molar-refractivity contribution in [2.24, 2.45) is 5.41 Å². The number of hydrogen-bond donors (Lipinski definition) is 2. The Morgan fingerprint density at radius 2 is 1.92 bits per heavy atom. The minimum Gasteiger partial charge on any atom is -0.378 e. The van der Waals surface area contributed by atoms with Gasteiger partial charge in [0.1, 0.15) is 5.41 Å². The molecule has 2 N–H and O–H groups in total. The minimum absolute atomic E-state index is 0.219. The summed E-state index contributed by atoms with van der Waals surface area (Å²) >= 11 is 0. The molecule has 0 aromatic heterocycles. The number of ether oxygens (including phenoxy) is 1. The summed E-state index contributed by atoms with van der Waals surface area (Å²) in [5.41, 5.74) is 0.782. The summed E-state index contributed by atoms with van der Waals surface area (Å²) in [7, 11) is 0. The van der Waals surface area contributed by atoms with Gasteiger partial charge in [0.2, 0.25) is 11.8 Å². The molecule has 6 nitrogen and oxygen atoms in total. The molecule has 2 aliphatic rings. The summed E-state index contributed by atoms with van der Waals surface area (Å²) in [6, 6.07) is 7.69. The van der Waals surface area contributed by atoms with Gasteiger partial charge in [-0.15, -0.1) is 6.58 Å². The Morgan fingerprint density at radius 3 is 2.58 bits per heavy atom. The van der Waals surface area contributed by atoms with E-state index in [2.05, 4.69) is 22.1 Å². The largest absolute Gasteiger partial charge is 0.378 e. The Kier molecular flexibility index (Phi) is 4.85. The zero-order chi connectivity index (χ0) is 17.0. The van der Waals surface area contributed by atoms with Gasteiger partial charge in [-0.2, -0.15) is 0 Å². The second-order valence-electron chi connectivity index (χ2n) is 6.15. The minimum atomic E-state index is -0.929. The number of hydrogen-bond acceptors (Lipinski definition) is 4. The van der Waals surface area contributed by atoms with Crippen molar-refractivity contribution in [2.75, 3.05) is 43.1 Å². The molecule has 2 amide bonds. The van der Waals surface area contributed by atoms with Crippen molar-refractivity contribution in [3.63, 3.8) is 0 Å². The van der Waals surface area contributed by atoms with Gasteiger partial charge >= 0.3 is 0 Å². The van der Waals surface area contributed by atoms with Crippen LogP contribution in [0.2, 0.25) is 0 Å². The first-order valence-corrected chi connectivity index (χ1v) is 8.30. The van der Waals surface area contributed by atoms with E-state index >= 15 is 0 Å². The highest BCUT2D eigenvalue weighted by molar-refractivity contribution is 6.13. The van der Waals surface area contributed by atoms with Crippen LogP contribution in [0, 0.1) is 5.41 Å². The van der Waals surface area contributed by atoms with Crippen LogP contribution in [0.5, 0.6) is 0 Å². The predicted octanol–water partition coefficient (Wildman–Crippen LogP) is 1.54. The van der Waals surface area contributed by atoms with E-state index in [0.29, 0.717) is 32.6 Å². The Labute approximate surface area is 141 Å². The maximum absolute atomic E-state index is 12.7. The molecule has 128 valence electrons. The summed E-state index contributed by atoms with van der Waals surface area (Å²) < 4.78 is 5.39. The summed E-state index contributed by atoms with van der Waals surface area (Å²) in [5.74, 6) is -0.450. The number of nitrogens with one attached hydrogen (secondary N) is 2.